The third-order valence-electron chi connectivity index (χ3n) is 5.01. The van der Waals surface area contributed by atoms with Gasteiger partial charge in [0.1, 0.15) is 12.4 Å². The average Bonchev–Trinajstić information content (AvgIpc) is 3.11. The number of H-pyrrole nitrogens is 1. The SMILES string of the molecule is Cc1[nH]c2ccc(OS(=O)(=O)C(F)(F)C(F)(F)C(F)(F)C(F)(F)F)cc2c1C(=O)OCc1ccccc1. The average molecular weight is 563 g/mol. The Labute approximate surface area is 202 Å². The fraction of sp³-hybridized carbons (Fsp3) is 0.286. The first-order valence-corrected chi connectivity index (χ1v) is 11.2. The Kier molecular flexibility index (Phi) is 6.96. The van der Waals surface area contributed by atoms with Gasteiger partial charge in [-0.05, 0) is 30.7 Å². The van der Waals surface area contributed by atoms with Crippen LogP contribution in [0.1, 0.15) is 21.6 Å². The van der Waals surface area contributed by atoms with Crippen LogP contribution < -0.4 is 4.18 Å². The van der Waals surface area contributed by atoms with E-state index in [2.05, 4.69) is 9.17 Å². The minimum atomic E-state index is -7.45. The lowest BCUT2D eigenvalue weighted by Gasteiger charge is -2.32. The molecule has 0 saturated carbocycles. The summed E-state index contributed by atoms with van der Waals surface area (Å²) in [6.07, 6.45) is -7.22. The van der Waals surface area contributed by atoms with Gasteiger partial charge in [0.15, 0.2) is 0 Å². The van der Waals surface area contributed by atoms with Crippen LogP contribution >= 0.6 is 0 Å². The minimum Gasteiger partial charge on any atom is -0.457 e. The van der Waals surface area contributed by atoms with Gasteiger partial charge in [-0.3, -0.25) is 0 Å². The molecule has 6 nitrogen and oxygen atoms in total. The molecule has 0 aliphatic heterocycles. The zero-order chi connectivity index (χ0) is 28.0. The number of rotatable bonds is 8. The lowest BCUT2D eigenvalue weighted by atomic mass is 10.1. The number of hydrogen-bond acceptors (Lipinski definition) is 5. The molecular formula is C21H14F9NO5S. The van der Waals surface area contributed by atoms with Crippen molar-refractivity contribution in [2.24, 2.45) is 0 Å². The molecule has 202 valence electrons. The summed E-state index contributed by atoms with van der Waals surface area (Å²) in [4.78, 5) is 15.3. The Balaban J connectivity index is 1.94. The first-order chi connectivity index (χ1) is 16.8. The topological polar surface area (TPSA) is 85.5 Å². The number of aryl methyl sites for hydroxylation is 1. The molecule has 0 aliphatic rings. The predicted molar refractivity (Wildman–Crippen MR) is 109 cm³/mol. The van der Waals surface area contributed by atoms with Crippen LogP contribution in [0.25, 0.3) is 10.9 Å². The molecule has 0 radical (unpaired) electrons. The lowest BCUT2D eigenvalue weighted by Crippen LogP contribution is -2.63. The van der Waals surface area contributed by atoms with Crippen LogP contribution in [0.15, 0.2) is 48.5 Å². The summed E-state index contributed by atoms with van der Waals surface area (Å²) in [6, 6.07) is 10.5. The highest BCUT2D eigenvalue weighted by Gasteiger charge is 2.86. The molecule has 0 bridgehead atoms. The Morgan fingerprint density at radius 3 is 2.05 bits per heavy atom. The molecule has 0 unspecified atom stereocenters. The van der Waals surface area contributed by atoms with Gasteiger partial charge in [-0.1, -0.05) is 30.3 Å². The molecule has 1 N–H and O–H groups in total. The van der Waals surface area contributed by atoms with Gasteiger partial charge in [0.25, 0.3) is 0 Å². The molecule has 1 aromatic heterocycles. The van der Waals surface area contributed by atoms with E-state index in [1.54, 1.807) is 30.3 Å². The zero-order valence-electron chi connectivity index (χ0n) is 18.2. The highest BCUT2D eigenvalue weighted by Crippen LogP contribution is 2.55. The fourth-order valence-electron chi connectivity index (χ4n) is 3.11. The Bertz CT molecular complexity index is 1420. The third-order valence-corrected chi connectivity index (χ3v) is 6.31. The van der Waals surface area contributed by atoms with E-state index in [4.69, 9.17) is 4.74 Å². The van der Waals surface area contributed by atoms with Gasteiger partial charge >= 0.3 is 39.4 Å². The summed E-state index contributed by atoms with van der Waals surface area (Å²) in [6.45, 7) is 1.18. The number of halogens is 9. The van der Waals surface area contributed by atoms with E-state index in [0.29, 0.717) is 17.7 Å². The quantitative estimate of drug-likeness (QED) is 0.208. The van der Waals surface area contributed by atoms with Crippen molar-refractivity contribution in [2.45, 2.75) is 36.8 Å². The van der Waals surface area contributed by atoms with Gasteiger partial charge in [0, 0.05) is 16.6 Å². The van der Waals surface area contributed by atoms with Gasteiger partial charge in [0.2, 0.25) is 0 Å². The summed E-state index contributed by atoms with van der Waals surface area (Å²) in [5.74, 6) is -17.0. The standard InChI is InChI=1S/C21H14F9NO5S/c1-11-16(17(32)35-10-12-5-3-2-4-6-12)14-9-13(7-8-15(14)31-11)36-37(33,34)21(29,30)19(24,25)18(22,23)20(26,27)28/h2-9,31H,10H2,1H3. The van der Waals surface area contributed by atoms with Gasteiger partial charge in [-0.2, -0.15) is 47.9 Å². The second-order valence-electron chi connectivity index (χ2n) is 7.59. The second-order valence-corrected chi connectivity index (χ2v) is 9.18. The van der Waals surface area contributed by atoms with Gasteiger partial charge in [0.05, 0.1) is 5.56 Å². The van der Waals surface area contributed by atoms with Crippen LogP contribution in [-0.4, -0.2) is 42.6 Å². The Hall–Kier alpha value is -3.43. The van der Waals surface area contributed by atoms with Crippen molar-refractivity contribution in [2.75, 3.05) is 0 Å². The van der Waals surface area contributed by atoms with E-state index in [0.717, 1.165) is 6.07 Å². The number of hydrogen-bond donors (Lipinski definition) is 1. The summed E-state index contributed by atoms with van der Waals surface area (Å²) >= 11 is 0. The van der Waals surface area contributed by atoms with Crippen LogP contribution in [0.3, 0.4) is 0 Å². The molecule has 0 atom stereocenters. The van der Waals surface area contributed by atoms with E-state index in [9.17, 15) is 52.7 Å². The smallest absolute Gasteiger partial charge is 0.457 e. The highest BCUT2D eigenvalue weighted by atomic mass is 32.2. The van der Waals surface area contributed by atoms with Crippen molar-refractivity contribution >= 4 is 27.0 Å². The van der Waals surface area contributed by atoms with E-state index in [-0.39, 0.29) is 28.8 Å². The van der Waals surface area contributed by atoms with Crippen molar-refractivity contribution in [1.29, 1.82) is 0 Å². The van der Waals surface area contributed by atoms with Crippen molar-refractivity contribution in [3.63, 3.8) is 0 Å². The normalized spacial score (nSPS) is 13.6. The fourth-order valence-corrected chi connectivity index (χ4v) is 4.02. The van der Waals surface area contributed by atoms with E-state index >= 15 is 0 Å². The number of ether oxygens (including phenoxy) is 1. The first kappa shape index (κ1) is 28.1. The predicted octanol–water partition coefficient (Wildman–Crippen LogP) is 5.97. The molecule has 3 aromatic rings. The van der Waals surface area contributed by atoms with Crippen molar-refractivity contribution in [3.05, 3.63) is 65.4 Å². The number of aromatic amines is 1. The number of benzene rings is 2. The van der Waals surface area contributed by atoms with Gasteiger partial charge in [-0.25, -0.2) is 4.79 Å². The van der Waals surface area contributed by atoms with E-state index < -0.39 is 45.1 Å². The highest BCUT2D eigenvalue weighted by molar-refractivity contribution is 7.88. The molecule has 1 heterocycles. The maximum absolute atomic E-state index is 14.0. The monoisotopic (exact) mass is 563 g/mol. The van der Waals surface area contributed by atoms with Crippen molar-refractivity contribution < 1.29 is 61.6 Å². The largest absolute Gasteiger partial charge is 0.460 e. The molecule has 0 amide bonds. The van der Waals surface area contributed by atoms with Crippen LogP contribution in [0, 0.1) is 6.92 Å². The van der Waals surface area contributed by atoms with Crippen molar-refractivity contribution in [1.82, 2.24) is 4.98 Å². The molecule has 0 aliphatic carbocycles. The van der Waals surface area contributed by atoms with Gasteiger partial charge < -0.3 is 13.9 Å². The number of alkyl halides is 9. The van der Waals surface area contributed by atoms with E-state index in [1.807, 2.05) is 0 Å². The molecule has 0 fully saturated rings. The summed E-state index contributed by atoms with van der Waals surface area (Å²) in [7, 11) is -7.14. The van der Waals surface area contributed by atoms with Crippen molar-refractivity contribution in [3.8, 4) is 5.75 Å². The number of nitrogens with one attached hydrogen (secondary N) is 1. The number of aromatic nitrogens is 1. The second kappa shape index (κ2) is 9.15. The van der Waals surface area contributed by atoms with Gasteiger partial charge in [-0.15, -0.1) is 0 Å². The van der Waals surface area contributed by atoms with Crippen LogP contribution in [0.2, 0.25) is 0 Å². The summed E-state index contributed by atoms with van der Waals surface area (Å²) in [5.41, 5.74) is 0.584. The summed E-state index contributed by atoms with van der Waals surface area (Å²) < 4.78 is 151. The third kappa shape index (κ3) is 4.81. The number of esters is 1. The molecule has 0 saturated heterocycles. The lowest BCUT2D eigenvalue weighted by molar-refractivity contribution is -0.382. The first-order valence-electron chi connectivity index (χ1n) is 9.81. The molecule has 37 heavy (non-hydrogen) atoms. The zero-order valence-corrected chi connectivity index (χ0v) is 19.0. The minimum absolute atomic E-state index is 0.0922. The van der Waals surface area contributed by atoms with Crippen LogP contribution in [0.4, 0.5) is 39.5 Å². The maximum atomic E-state index is 14.0. The van der Waals surface area contributed by atoms with Crippen LogP contribution in [-0.2, 0) is 21.5 Å². The summed E-state index contributed by atoms with van der Waals surface area (Å²) in [5, 5.41) is -7.24. The van der Waals surface area contributed by atoms with E-state index in [1.165, 1.54) is 6.92 Å². The Morgan fingerprint density at radius 1 is 0.892 bits per heavy atom. The molecular weight excluding hydrogens is 549 g/mol. The Morgan fingerprint density at radius 2 is 1.49 bits per heavy atom. The molecule has 3 rings (SSSR count). The number of fused-ring (bicyclic) bond motifs is 1. The molecule has 0 spiro atoms. The maximum Gasteiger partial charge on any atom is 0.460 e. The molecule has 16 heteroatoms. The molecule has 2 aromatic carbocycles. The van der Waals surface area contributed by atoms with Crippen LogP contribution in [0.5, 0.6) is 5.75 Å². The number of carbonyl (C=O) groups is 1. The number of carbonyl (C=O) groups excluding carboxylic acids is 1.